The molecule has 0 saturated heterocycles. The molecule has 1 aromatic heterocycles. The van der Waals surface area contributed by atoms with Gasteiger partial charge in [-0.2, -0.15) is 0 Å². The molecule has 6 heteroatoms. The molecule has 1 N–H and O–H groups in total. The molecule has 0 bridgehead atoms. The first-order chi connectivity index (χ1) is 8.66. The molecule has 0 aliphatic heterocycles. The van der Waals surface area contributed by atoms with Crippen LogP contribution in [0.25, 0.3) is 0 Å². The van der Waals surface area contributed by atoms with E-state index in [4.69, 9.17) is 34.8 Å². The third-order valence-electron chi connectivity index (χ3n) is 2.48. The van der Waals surface area contributed by atoms with E-state index in [1.807, 2.05) is 10.8 Å². The highest BCUT2D eigenvalue weighted by atomic mass is 35.5. The fourth-order valence-electron chi connectivity index (χ4n) is 1.56. The van der Waals surface area contributed by atoms with Gasteiger partial charge in [-0.1, -0.05) is 34.8 Å². The lowest BCUT2D eigenvalue weighted by molar-refractivity contribution is 0.661. The van der Waals surface area contributed by atoms with Crippen LogP contribution in [0.4, 0.5) is 5.69 Å². The summed E-state index contributed by atoms with van der Waals surface area (Å²) in [6, 6.07) is 3.38. The second-order valence-electron chi connectivity index (χ2n) is 3.83. The van der Waals surface area contributed by atoms with Crippen molar-refractivity contribution in [1.82, 2.24) is 9.55 Å². The van der Waals surface area contributed by atoms with Crippen molar-refractivity contribution in [1.29, 1.82) is 0 Å². The summed E-state index contributed by atoms with van der Waals surface area (Å²) in [6.45, 7) is 1.71. The van der Waals surface area contributed by atoms with Crippen molar-refractivity contribution in [2.24, 2.45) is 0 Å². The first-order valence-corrected chi connectivity index (χ1v) is 6.64. The Labute approximate surface area is 121 Å². The Morgan fingerprint density at radius 1 is 1.11 bits per heavy atom. The minimum absolute atomic E-state index is 0.464. The number of hydrogen-bond acceptors (Lipinski definition) is 2. The lowest BCUT2D eigenvalue weighted by Gasteiger charge is -2.10. The normalized spacial score (nSPS) is 10.6. The number of imidazole rings is 1. The zero-order valence-electron chi connectivity index (χ0n) is 9.54. The van der Waals surface area contributed by atoms with E-state index in [2.05, 4.69) is 10.3 Å². The van der Waals surface area contributed by atoms with Crippen molar-refractivity contribution in [3.05, 3.63) is 45.9 Å². The molecule has 0 amide bonds. The van der Waals surface area contributed by atoms with Crippen molar-refractivity contribution < 1.29 is 0 Å². The Morgan fingerprint density at radius 2 is 1.89 bits per heavy atom. The summed E-state index contributed by atoms with van der Waals surface area (Å²) in [6.07, 6.45) is 6.47. The fourth-order valence-corrected chi connectivity index (χ4v) is 2.18. The summed E-state index contributed by atoms with van der Waals surface area (Å²) < 4.78 is 2.03. The molecule has 1 heterocycles. The zero-order valence-corrected chi connectivity index (χ0v) is 11.8. The van der Waals surface area contributed by atoms with Crippen molar-refractivity contribution in [3.63, 3.8) is 0 Å². The molecule has 2 rings (SSSR count). The second-order valence-corrected chi connectivity index (χ2v) is 5.05. The van der Waals surface area contributed by atoms with Crippen LogP contribution >= 0.6 is 34.8 Å². The van der Waals surface area contributed by atoms with Gasteiger partial charge < -0.3 is 9.88 Å². The maximum Gasteiger partial charge on any atom is 0.0945 e. The van der Waals surface area contributed by atoms with Gasteiger partial charge in [0.1, 0.15) is 0 Å². The van der Waals surface area contributed by atoms with Crippen molar-refractivity contribution >= 4 is 40.5 Å². The lowest BCUT2D eigenvalue weighted by atomic mass is 10.3. The van der Waals surface area contributed by atoms with Gasteiger partial charge >= 0.3 is 0 Å². The largest absolute Gasteiger partial charge is 0.384 e. The van der Waals surface area contributed by atoms with Crippen LogP contribution in [0.5, 0.6) is 0 Å². The van der Waals surface area contributed by atoms with Gasteiger partial charge in [0.25, 0.3) is 0 Å². The van der Waals surface area contributed by atoms with Gasteiger partial charge in [-0.3, -0.25) is 0 Å². The second kappa shape index (κ2) is 6.32. The molecule has 0 atom stereocenters. The highest BCUT2D eigenvalue weighted by Crippen LogP contribution is 2.32. The van der Waals surface area contributed by atoms with Crippen LogP contribution in [0.3, 0.4) is 0 Å². The molecule has 0 spiro atoms. The third kappa shape index (κ3) is 3.55. The molecular weight excluding hydrogens is 293 g/mol. The molecule has 18 heavy (non-hydrogen) atoms. The Bertz CT molecular complexity index is 512. The van der Waals surface area contributed by atoms with Crippen LogP contribution in [-0.2, 0) is 6.54 Å². The number of rotatable bonds is 5. The number of halogens is 3. The average Bonchev–Trinajstić information content (AvgIpc) is 2.84. The average molecular weight is 305 g/mol. The summed E-state index contributed by atoms with van der Waals surface area (Å²) >= 11 is 17.9. The van der Waals surface area contributed by atoms with Gasteiger partial charge in [0, 0.05) is 25.5 Å². The van der Waals surface area contributed by atoms with Gasteiger partial charge in [0.15, 0.2) is 0 Å². The van der Waals surface area contributed by atoms with Gasteiger partial charge in [-0.25, -0.2) is 4.98 Å². The third-order valence-corrected chi connectivity index (χ3v) is 3.51. The summed E-state index contributed by atoms with van der Waals surface area (Å²) in [7, 11) is 0. The van der Waals surface area contributed by atoms with Crippen molar-refractivity contribution in [3.8, 4) is 0 Å². The molecule has 2 aromatic rings. The van der Waals surface area contributed by atoms with Crippen LogP contribution in [0.15, 0.2) is 30.9 Å². The SMILES string of the molecule is Clc1cc(Cl)c(NCCCn2ccnc2)cc1Cl. The van der Waals surface area contributed by atoms with E-state index in [-0.39, 0.29) is 0 Å². The molecule has 0 aliphatic carbocycles. The molecule has 0 unspecified atom stereocenters. The minimum atomic E-state index is 0.464. The van der Waals surface area contributed by atoms with E-state index in [9.17, 15) is 0 Å². The smallest absolute Gasteiger partial charge is 0.0945 e. The highest BCUT2D eigenvalue weighted by Gasteiger charge is 2.05. The number of aromatic nitrogens is 2. The van der Waals surface area contributed by atoms with E-state index in [0.717, 1.165) is 25.2 Å². The van der Waals surface area contributed by atoms with E-state index in [1.54, 1.807) is 24.7 Å². The van der Waals surface area contributed by atoms with Crippen LogP contribution in [0.1, 0.15) is 6.42 Å². The number of nitrogens with zero attached hydrogens (tertiary/aromatic N) is 2. The summed E-state index contributed by atoms with van der Waals surface area (Å²) in [4.78, 5) is 3.98. The van der Waals surface area contributed by atoms with E-state index in [1.165, 1.54) is 0 Å². The molecule has 1 aromatic carbocycles. The standard InChI is InChI=1S/C12H12Cl3N3/c13-9-6-11(15)12(7-10(9)14)17-2-1-4-18-5-3-16-8-18/h3,5-8,17H,1-2,4H2. The molecule has 0 saturated carbocycles. The molecule has 3 nitrogen and oxygen atoms in total. The van der Waals surface area contributed by atoms with Gasteiger partial charge in [-0.05, 0) is 18.6 Å². The highest BCUT2D eigenvalue weighted by molar-refractivity contribution is 6.44. The van der Waals surface area contributed by atoms with Crippen molar-refractivity contribution in [2.45, 2.75) is 13.0 Å². The van der Waals surface area contributed by atoms with Crippen LogP contribution in [0.2, 0.25) is 15.1 Å². The molecule has 0 aliphatic rings. The van der Waals surface area contributed by atoms with E-state index in [0.29, 0.717) is 15.1 Å². The lowest BCUT2D eigenvalue weighted by Crippen LogP contribution is -2.06. The van der Waals surface area contributed by atoms with Gasteiger partial charge in [-0.15, -0.1) is 0 Å². The maximum absolute atomic E-state index is 6.06. The number of nitrogens with one attached hydrogen (secondary N) is 1. The summed E-state index contributed by atoms with van der Waals surface area (Å²) in [5, 5.41) is 4.77. The summed E-state index contributed by atoms with van der Waals surface area (Å²) in [5.41, 5.74) is 0.802. The Morgan fingerprint density at radius 3 is 2.61 bits per heavy atom. The molecule has 96 valence electrons. The van der Waals surface area contributed by atoms with Gasteiger partial charge in [0.05, 0.1) is 27.1 Å². The molecule has 0 fully saturated rings. The minimum Gasteiger partial charge on any atom is -0.384 e. The summed E-state index contributed by atoms with van der Waals surface area (Å²) in [5.74, 6) is 0. The first-order valence-electron chi connectivity index (χ1n) is 5.51. The van der Waals surface area contributed by atoms with E-state index < -0.39 is 0 Å². The number of aryl methyl sites for hydroxylation is 1. The zero-order chi connectivity index (χ0) is 13.0. The molecular formula is C12H12Cl3N3. The number of anilines is 1. The Balaban J connectivity index is 1.85. The van der Waals surface area contributed by atoms with Crippen LogP contribution < -0.4 is 5.32 Å². The topological polar surface area (TPSA) is 29.9 Å². The maximum atomic E-state index is 6.06. The monoisotopic (exact) mass is 303 g/mol. The molecule has 0 radical (unpaired) electrons. The van der Waals surface area contributed by atoms with Crippen LogP contribution in [-0.4, -0.2) is 16.1 Å². The number of hydrogen-bond donors (Lipinski definition) is 1. The first kappa shape index (κ1) is 13.5. The fraction of sp³-hybridized carbons (Fsp3) is 0.250. The van der Waals surface area contributed by atoms with E-state index >= 15 is 0 Å². The number of benzene rings is 1. The predicted octanol–water partition coefficient (Wildman–Crippen LogP) is 4.35. The predicted molar refractivity (Wildman–Crippen MR) is 76.8 cm³/mol. The van der Waals surface area contributed by atoms with Crippen molar-refractivity contribution in [2.75, 3.05) is 11.9 Å². The van der Waals surface area contributed by atoms with Gasteiger partial charge in [0.2, 0.25) is 0 Å². The Hall–Kier alpha value is -0.900. The quantitative estimate of drug-likeness (QED) is 0.657. The van der Waals surface area contributed by atoms with Crippen LogP contribution in [0, 0.1) is 0 Å². The Kier molecular flexibility index (Phi) is 4.75.